The molecule has 3 aromatic carbocycles. The number of piperazine rings is 1. The van der Waals surface area contributed by atoms with Gasteiger partial charge in [0.05, 0.1) is 30.3 Å². The lowest BCUT2D eigenvalue weighted by atomic mass is 9.90. The number of carbonyl (C=O) groups is 2. The van der Waals surface area contributed by atoms with Crippen LogP contribution >= 0.6 is 0 Å². The van der Waals surface area contributed by atoms with Gasteiger partial charge in [0.2, 0.25) is 0 Å². The summed E-state index contributed by atoms with van der Waals surface area (Å²) in [6, 6.07) is 21.1. The van der Waals surface area contributed by atoms with Crippen molar-refractivity contribution in [3.8, 4) is 0 Å². The molecule has 47 heavy (non-hydrogen) atoms. The van der Waals surface area contributed by atoms with Crippen LogP contribution in [-0.2, 0) is 25.6 Å². The van der Waals surface area contributed by atoms with E-state index in [1.165, 1.54) is 12.1 Å². The third-order valence-electron chi connectivity index (χ3n) is 8.50. The quantitative estimate of drug-likeness (QED) is 0.155. The number of esters is 1. The number of nitrogens with one attached hydrogen (secondary N) is 2. The highest BCUT2D eigenvalue weighted by Gasteiger charge is 2.39. The molecule has 13 nitrogen and oxygen atoms in total. The number of aliphatic hydroxyl groups is 1. The minimum Gasteiger partial charge on any atom is -0.465 e. The van der Waals surface area contributed by atoms with Crippen molar-refractivity contribution in [1.29, 1.82) is 0 Å². The largest absolute Gasteiger partial charge is 0.465 e. The SMILES string of the molecule is CCOC(=O)CNC(=O)Nc1ccc([C@@H]2O[C@H](CN3CCN(c4ccc([N+](=O)[O-])cc4)CC3)[C@H](C)[C@H](c3ccc(CO)cc3)O2)cc1. The molecule has 2 aliphatic heterocycles. The number of benzene rings is 3. The van der Waals surface area contributed by atoms with E-state index in [4.69, 9.17) is 14.2 Å². The van der Waals surface area contributed by atoms with E-state index in [0.29, 0.717) is 12.2 Å². The third-order valence-corrected chi connectivity index (χ3v) is 8.50. The number of non-ortho nitro benzene ring substituents is 1. The Labute approximate surface area is 273 Å². The summed E-state index contributed by atoms with van der Waals surface area (Å²) in [6.45, 7) is 7.68. The molecule has 0 saturated carbocycles. The number of ether oxygens (including phenoxy) is 3. The minimum absolute atomic E-state index is 0.0166. The summed E-state index contributed by atoms with van der Waals surface area (Å²) >= 11 is 0. The fraction of sp³-hybridized carbons (Fsp3) is 0.412. The summed E-state index contributed by atoms with van der Waals surface area (Å²) in [6.07, 6.45) is -1.08. The van der Waals surface area contributed by atoms with Crippen molar-refractivity contribution in [3.05, 3.63) is 99.6 Å². The van der Waals surface area contributed by atoms with E-state index in [1.807, 2.05) is 36.4 Å². The van der Waals surface area contributed by atoms with Crippen LogP contribution in [0.4, 0.5) is 21.9 Å². The topological polar surface area (TPSA) is 156 Å². The van der Waals surface area contributed by atoms with E-state index < -0.39 is 23.2 Å². The fourth-order valence-corrected chi connectivity index (χ4v) is 5.82. The van der Waals surface area contributed by atoms with Crippen LogP contribution in [0.3, 0.4) is 0 Å². The van der Waals surface area contributed by atoms with Gasteiger partial charge in [0.15, 0.2) is 6.29 Å². The van der Waals surface area contributed by atoms with Gasteiger partial charge in [-0.15, -0.1) is 0 Å². The number of urea groups is 1. The first-order valence-corrected chi connectivity index (χ1v) is 15.8. The Morgan fingerprint density at radius 2 is 1.62 bits per heavy atom. The number of rotatable bonds is 11. The van der Waals surface area contributed by atoms with E-state index in [9.17, 15) is 24.8 Å². The monoisotopic (exact) mass is 647 g/mol. The average molecular weight is 648 g/mol. The molecule has 0 aliphatic carbocycles. The van der Waals surface area contributed by atoms with Gasteiger partial charge in [-0.3, -0.25) is 19.8 Å². The van der Waals surface area contributed by atoms with Crippen LogP contribution in [0.15, 0.2) is 72.8 Å². The highest BCUT2D eigenvalue weighted by molar-refractivity contribution is 5.91. The molecule has 2 amide bonds. The Morgan fingerprint density at radius 3 is 2.23 bits per heavy atom. The standard InChI is InChI=1S/C34H41N5O8/c1-3-45-31(41)20-35-34(42)36-27-10-8-26(9-11-27)33-46-30(23(2)32(47-33)25-6-4-24(22-40)5-7-25)21-37-16-18-38(19-17-37)28-12-14-29(15-13-28)39(43)44/h4-15,23,30,32-33,40H,3,16-22H2,1-2H3,(H2,35,36,42)/t23-,30+,32+,33+/m0/s1. The van der Waals surface area contributed by atoms with Gasteiger partial charge in [-0.05, 0) is 42.3 Å². The first-order chi connectivity index (χ1) is 22.7. The maximum absolute atomic E-state index is 12.2. The van der Waals surface area contributed by atoms with Crippen molar-refractivity contribution in [2.75, 3.05) is 56.1 Å². The molecule has 0 spiro atoms. The second-order valence-corrected chi connectivity index (χ2v) is 11.6. The zero-order chi connectivity index (χ0) is 33.3. The molecule has 3 aromatic rings. The summed E-state index contributed by atoms with van der Waals surface area (Å²) in [5.41, 5.74) is 4.19. The summed E-state index contributed by atoms with van der Waals surface area (Å²) in [5, 5.41) is 25.8. The van der Waals surface area contributed by atoms with Crippen LogP contribution in [0, 0.1) is 16.0 Å². The minimum atomic E-state index is -0.660. The Morgan fingerprint density at radius 1 is 0.957 bits per heavy atom. The molecule has 13 heteroatoms. The van der Waals surface area contributed by atoms with Crippen LogP contribution in [0.25, 0.3) is 0 Å². The highest BCUT2D eigenvalue weighted by Crippen LogP contribution is 2.42. The van der Waals surface area contributed by atoms with Gasteiger partial charge >= 0.3 is 12.0 Å². The molecular weight excluding hydrogens is 606 g/mol. The number of amides is 2. The van der Waals surface area contributed by atoms with E-state index >= 15 is 0 Å². The van der Waals surface area contributed by atoms with Crippen molar-refractivity contribution in [3.63, 3.8) is 0 Å². The molecule has 0 radical (unpaired) electrons. The first kappa shape index (κ1) is 33.8. The molecule has 0 unspecified atom stereocenters. The molecule has 5 rings (SSSR count). The van der Waals surface area contributed by atoms with E-state index in [1.54, 1.807) is 31.2 Å². The highest BCUT2D eigenvalue weighted by atomic mass is 16.7. The van der Waals surface area contributed by atoms with E-state index in [2.05, 4.69) is 27.4 Å². The predicted octanol–water partition coefficient (Wildman–Crippen LogP) is 4.39. The molecule has 250 valence electrons. The van der Waals surface area contributed by atoms with Gasteiger partial charge in [0.25, 0.3) is 5.69 Å². The zero-order valence-electron chi connectivity index (χ0n) is 26.5. The van der Waals surface area contributed by atoms with Gasteiger partial charge in [0.1, 0.15) is 6.54 Å². The van der Waals surface area contributed by atoms with Crippen LogP contribution in [-0.4, -0.2) is 78.9 Å². The smallest absolute Gasteiger partial charge is 0.325 e. The molecule has 2 heterocycles. The number of hydrogen-bond donors (Lipinski definition) is 3. The Hall–Kier alpha value is -4.56. The summed E-state index contributed by atoms with van der Waals surface area (Å²) in [7, 11) is 0. The lowest BCUT2D eigenvalue weighted by molar-refractivity contribution is -0.384. The molecule has 2 aliphatic rings. The van der Waals surface area contributed by atoms with Crippen molar-refractivity contribution < 1.29 is 33.8 Å². The molecule has 0 bridgehead atoms. The molecular formula is C34H41N5O8. The van der Waals surface area contributed by atoms with E-state index in [-0.39, 0.29) is 43.6 Å². The van der Waals surface area contributed by atoms with Crippen molar-refractivity contribution in [2.24, 2.45) is 5.92 Å². The first-order valence-electron chi connectivity index (χ1n) is 15.8. The van der Waals surface area contributed by atoms with Crippen LogP contribution in [0.5, 0.6) is 0 Å². The normalized spacial score (nSPS) is 21.6. The second kappa shape index (κ2) is 15.8. The van der Waals surface area contributed by atoms with Crippen LogP contribution in [0.1, 0.15) is 42.9 Å². The number of aliphatic hydroxyl groups excluding tert-OH is 1. The van der Waals surface area contributed by atoms with E-state index in [0.717, 1.165) is 48.6 Å². The van der Waals surface area contributed by atoms with Gasteiger partial charge in [0, 0.05) is 67.7 Å². The number of carbonyl (C=O) groups excluding carboxylic acids is 2. The van der Waals surface area contributed by atoms with Crippen molar-refractivity contribution >= 4 is 29.1 Å². The Kier molecular flexibility index (Phi) is 11.4. The number of nitrogens with zero attached hydrogens (tertiary/aromatic N) is 3. The maximum atomic E-state index is 12.2. The summed E-state index contributed by atoms with van der Waals surface area (Å²) < 4.78 is 18.0. The van der Waals surface area contributed by atoms with Gasteiger partial charge < -0.3 is 34.9 Å². The molecule has 0 aromatic heterocycles. The second-order valence-electron chi connectivity index (χ2n) is 11.6. The summed E-state index contributed by atoms with van der Waals surface area (Å²) in [4.78, 5) is 39.0. The Bertz CT molecular complexity index is 1490. The Balaban J connectivity index is 1.25. The fourth-order valence-electron chi connectivity index (χ4n) is 5.82. The number of nitro benzene ring substituents is 1. The number of anilines is 2. The maximum Gasteiger partial charge on any atom is 0.325 e. The molecule has 2 fully saturated rings. The number of hydrogen-bond acceptors (Lipinski definition) is 10. The van der Waals surface area contributed by atoms with Crippen LogP contribution in [0.2, 0.25) is 0 Å². The zero-order valence-corrected chi connectivity index (χ0v) is 26.5. The molecule has 4 atom stereocenters. The predicted molar refractivity (Wildman–Crippen MR) is 175 cm³/mol. The lowest BCUT2D eigenvalue weighted by Gasteiger charge is -2.44. The average Bonchev–Trinajstić information content (AvgIpc) is 3.09. The third kappa shape index (κ3) is 8.83. The van der Waals surface area contributed by atoms with Gasteiger partial charge in [-0.1, -0.05) is 43.3 Å². The van der Waals surface area contributed by atoms with Gasteiger partial charge in [-0.2, -0.15) is 0 Å². The molecule has 3 N–H and O–H groups in total. The van der Waals surface area contributed by atoms with Crippen molar-refractivity contribution in [1.82, 2.24) is 10.2 Å². The molecule has 2 saturated heterocycles. The number of nitro groups is 1. The van der Waals surface area contributed by atoms with Gasteiger partial charge in [-0.25, -0.2) is 4.79 Å². The van der Waals surface area contributed by atoms with Crippen LogP contribution < -0.4 is 15.5 Å². The van der Waals surface area contributed by atoms with Crippen molar-refractivity contribution in [2.45, 2.75) is 39.0 Å². The summed E-state index contributed by atoms with van der Waals surface area (Å²) in [5.74, 6) is -0.497. The lowest BCUT2D eigenvalue weighted by Crippen LogP contribution is -2.51.